The van der Waals surface area contributed by atoms with E-state index in [0.717, 1.165) is 22.5 Å². The van der Waals surface area contributed by atoms with E-state index in [1.807, 2.05) is 36.4 Å². The summed E-state index contributed by atoms with van der Waals surface area (Å²) in [7, 11) is 0. The Balaban J connectivity index is 1.82. The largest absolute Gasteiger partial charge is 0.444 e. The van der Waals surface area contributed by atoms with Crippen molar-refractivity contribution in [3.05, 3.63) is 65.2 Å². The highest BCUT2D eigenvalue weighted by Gasteiger charge is 2.19. The number of alkyl carbamates (subject to hydrolysis) is 1. The first-order valence-electron chi connectivity index (χ1n) is 9.36. The van der Waals surface area contributed by atoms with Crippen LogP contribution in [-0.4, -0.2) is 23.8 Å². The first kappa shape index (κ1) is 20.9. The van der Waals surface area contributed by atoms with E-state index in [2.05, 4.69) is 22.4 Å². The van der Waals surface area contributed by atoms with Gasteiger partial charge in [0, 0.05) is 28.2 Å². The summed E-state index contributed by atoms with van der Waals surface area (Å²) in [6.45, 7) is 5.39. The molecule has 0 atom stereocenters. The number of rotatable bonds is 4. The summed E-state index contributed by atoms with van der Waals surface area (Å²) in [5.74, 6) is 1.24. The number of amides is 1. The summed E-state index contributed by atoms with van der Waals surface area (Å²) in [6, 6.07) is 16.2. The monoisotopic (exact) mass is 408 g/mol. The number of nitrogens with one attached hydrogen (secondary N) is 1. The minimum Gasteiger partial charge on any atom is -0.444 e. The van der Waals surface area contributed by atoms with Crippen molar-refractivity contribution >= 4 is 41.7 Å². The summed E-state index contributed by atoms with van der Waals surface area (Å²) in [4.78, 5) is 29.3. The SMILES string of the molecule is CC(C)(C)OC(=O)NC1=Nc2cc(SCc3ccccc3)ccc2C=C(C=O)C1. The first-order valence-corrected chi connectivity index (χ1v) is 10.3. The number of carbonyl (C=O) groups is 2. The molecule has 1 heterocycles. The van der Waals surface area contributed by atoms with E-state index >= 15 is 0 Å². The minimum absolute atomic E-state index is 0.240. The van der Waals surface area contributed by atoms with Crippen LogP contribution >= 0.6 is 11.8 Å². The Morgan fingerprint density at radius 2 is 1.97 bits per heavy atom. The molecule has 0 aromatic heterocycles. The Bertz CT molecular complexity index is 960. The third kappa shape index (κ3) is 6.32. The molecule has 0 bridgehead atoms. The highest BCUT2D eigenvalue weighted by molar-refractivity contribution is 7.98. The van der Waals surface area contributed by atoms with Crippen molar-refractivity contribution in [3.63, 3.8) is 0 Å². The zero-order valence-corrected chi connectivity index (χ0v) is 17.6. The molecular weight excluding hydrogens is 384 g/mol. The maximum absolute atomic E-state index is 12.1. The molecule has 6 heteroatoms. The molecule has 29 heavy (non-hydrogen) atoms. The van der Waals surface area contributed by atoms with Crippen LogP contribution in [0.2, 0.25) is 0 Å². The zero-order chi connectivity index (χ0) is 20.9. The Kier molecular flexibility index (Phi) is 6.54. The van der Waals surface area contributed by atoms with E-state index in [0.29, 0.717) is 17.1 Å². The van der Waals surface area contributed by atoms with Crippen molar-refractivity contribution < 1.29 is 14.3 Å². The molecule has 0 unspecified atom stereocenters. The second-order valence-corrected chi connectivity index (χ2v) is 8.74. The van der Waals surface area contributed by atoms with E-state index in [9.17, 15) is 9.59 Å². The second-order valence-electron chi connectivity index (χ2n) is 7.69. The fraction of sp³-hybridized carbons (Fsp3) is 0.261. The van der Waals surface area contributed by atoms with Gasteiger partial charge in [0.25, 0.3) is 0 Å². The molecule has 3 rings (SSSR count). The number of ether oxygens (including phenoxy) is 1. The number of carbonyl (C=O) groups excluding carboxylic acids is 2. The quantitative estimate of drug-likeness (QED) is 0.534. The average Bonchev–Trinajstić information content (AvgIpc) is 2.83. The van der Waals surface area contributed by atoms with E-state index in [-0.39, 0.29) is 6.42 Å². The van der Waals surface area contributed by atoms with E-state index in [4.69, 9.17) is 4.74 Å². The molecule has 0 fully saturated rings. The third-order valence-electron chi connectivity index (χ3n) is 4.01. The van der Waals surface area contributed by atoms with Gasteiger partial charge in [0.05, 0.1) is 5.69 Å². The van der Waals surface area contributed by atoms with Gasteiger partial charge in [-0.1, -0.05) is 36.4 Å². The van der Waals surface area contributed by atoms with Crippen molar-refractivity contribution in [2.24, 2.45) is 4.99 Å². The molecule has 0 saturated carbocycles. The van der Waals surface area contributed by atoms with Crippen molar-refractivity contribution in [1.29, 1.82) is 0 Å². The fourth-order valence-electron chi connectivity index (χ4n) is 2.77. The van der Waals surface area contributed by atoms with Crippen LogP contribution in [0.5, 0.6) is 0 Å². The lowest BCUT2D eigenvalue weighted by molar-refractivity contribution is -0.104. The zero-order valence-electron chi connectivity index (χ0n) is 16.8. The normalized spacial score (nSPS) is 13.5. The molecule has 0 aliphatic carbocycles. The van der Waals surface area contributed by atoms with E-state index in [1.165, 1.54) is 5.56 Å². The molecule has 0 saturated heterocycles. The molecular formula is C23H24N2O3S. The van der Waals surface area contributed by atoms with Crippen LogP contribution in [0.15, 0.2) is 64.0 Å². The van der Waals surface area contributed by atoms with Gasteiger partial charge in [-0.15, -0.1) is 11.8 Å². The Labute approximate surface area is 175 Å². The van der Waals surface area contributed by atoms with Crippen LogP contribution in [-0.2, 0) is 15.3 Å². The van der Waals surface area contributed by atoms with Crippen LogP contribution in [0.3, 0.4) is 0 Å². The first-order chi connectivity index (χ1) is 13.8. The smallest absolute Gasteiger partial charge is 0.413 e. The predicted octanol–water partition coefficient (Wildman–Crippen LogP) is 5.52. The molecule has 0 radical (unpaired) electrons. The van der Waals surface area contributed by atoms with Gasteiger partial charge in [-0.2, -0.15) is 0 Å². The van der Waals surface area contributed by atoms with Crippen LogP contribution < -0.4 is 5.32 Å². The molecule has 2 aromatic rings. The summed E-state index contributed by atoms with van der Waals surface area (Å²) in [5, 5.41) is 2.68. The van der Waals surface area contributed by atoms with Gasteiger partial charge in [-0.25, -0.2) is 9.79 Å². The highest BCUT2D eigenvalue weighted by Crippen LogP contribution is 2.32. The topological polar surface area (TPSA) is 67.8 Å². The van der Waals surface area contributed by atoms with Gasteiger partial charge in [0.15, 0.2) is 0 Å². The number of hydrogen-bond donors (Lipinski definition) is 1. The predicted molar refractivity (Wildman–Crippen MR) is 118 cm³/mol. The summed E-state index contributed by atoms with van der Waals surface area (Å²) in [6.07, 6.45) is 2.25. The van der Waals surface area contributed by atoms with Crippen LogP contribution in [0.25, 0.3) is 6.08 Å². The Hall–Kier alpha value is -2.86. The number of hydrogen-bond acceptors (Lipinski definition) is 5. The molecule has 2 aromatic carbocycles. The van der Waals surface area contributed by atoms with Crippen LogP contribution in [0.4, 0.5) is 10.5 Å². The molecule has 0 spiro atoms. The Morgan fingerprint density at radius 1 is 1.21 bits per heavy atom. The van der Waals surface area contributed by atoms with E-state index < -0.39 is 11.7 Å². The molecule has 5 nitrogen and oxygen atoms in total. The van der Waals surface area contributed by atoms with Gasteiger partial charge in [0.1, 0.15) is 17.7 Å². The van der Waals surface area contributed by atoms with E-state index in [1.54, 1.807) is 38.6 Å². The molecule has 1 aliphatic heterocycles. The Morgan fingerprint density at radius 3 is 2.66 bits per heavy atom. The molecule has 150 valence electrons. The lowest BCUT2D eigenvalue weighted by Gasteiger charge is -2.20. The molecule has 1 aliphatic rings. The van der Waals surface area contributed by atoms with Gasteiger partial charge >= 0.3 is 6.09 Å². The second kappa shape index (κ2) is 9.09. The summed E-state index contributed by atoms with van der Waals surface area (Å²) in [5.41, 5.74) is 2.73. The summed E-state index contributed by atoms with van der Waals surface area (Å²) >= 11 is 1.71. The van der Waals surface area contributed by atoms with Crippen molar-refractivity contribution in [2.45, 2.75) is 43.4 Å². The molecule has 1 N–H and O–H groups in total. The lowest BCUT2D eigenvalue weighted by Crippen LogP contribution is -2.36. The third-order valence-corrected chi connectivity index (χ3v) is 5.08. The van der Waals surface area contributed by atoms with Crippen molar-refractivity contribution in [1.82, 2.24) is 5.32 Å². The van der Waals surface area contributed by atoms with Gasteiger partial charge < -0.3 is 4.74 Å². The number of nitrogens with zero attached hydrogens (tertiary/aromatic N) is 1. The van der Waals surface area contributed by atoms with Crippen LogP contribution in [0, 0.1) is 0 Å². The standard InChI is InChI=1S/C23H24N2O3S/c1-23(2,3)28-22(27)25-21-12-17(14-26)11-18-9-10-19(13-20(18)24-21)29-15-16-7-5-4-6-8-16/h4-11,13-14H,12,15H2,1-3H3,(H,24,25,27). The average molecular weight is 409 g/mol. The maximum atomic E-state index is 12.1. The van der Waals surface area contributed by atoms with Crippen molar-refractivity contribution in [3.8, 4) is 0 Å². The number of amidine groups is 1. The van der Waals surface area contributed by atoms with Gasteiger partial charge in [0.2, 0.25) is 0 Å². The minimum atomic E-state index is -0.613. The van der Waals surface area contributed by atoms with Gasteiger partial charge in [-0.3, -0.25) is 10.1 Å². The lowest BCUT2D eigenvalue weighted by atomic mass is 10.1. The van der Waals surface area contributed by atoms with Gasteiger partial charge in [-0.05, 0) is 44.5 Å². The fourth-order valence-corrected chi connectivity index (χ4v) is 3.66. The van der Waals surface area contributed by atoms with Crippen molar-refractivity contribution in [2.75, 3.05) is 0 Å². The number of thioether (sulfide) groups is 1. The number of aldehydes is 1. The molecule has 1 amide bonds. The number of fused-ring (bicyclic) bond motifs is 1. The summed E-state index contributed by atoms with van der Waals surface area (Å²) < 4.78 is 5.31. The number of aliphatic imine (C=N–C) groups is 1. The number of benzene rings is 2. The highest BCUT2D eigenvalue weighted by atomic mass is 32.2. The maximum Gasteiger partial charge on any atom is 0.413 e. The van der Waals surface area contributed by atoms with Crippen LogP contribution in [0.1, 0.15) is 38.3 Å².